The van der Waals surface area contributed by atoms with Crippen molar-refractivity contribution in [2.24, 2.45) is 5.14 Å². The third-order valence-electron chi connectivity index (χ3n) is 2.46. The van der Waals surface area contributed by atoms with Crippen LogP contribution in [0.1, 0.15) is 6.42 Å². The van der Waals surface area contributed by atoms with Crippen LogP contribution in [0.25, 0.3) is 0 Å². The maximum absolute atomic E-state index is 11.6. The lowest BCUT2D eigenvalue weighted by atomic mass is 10.3. The molecule has 0 bridgehead atoms. The highest BCUT2D eigenvalue weighted by Crippen LogP contribution is 2.12. The molecule has 0 aliphatic carbocycles. The quantitative estimate of drug-likeness (QED) is 0.478. The van der Waals surface area contributed by atoms with Gasteiger partial charge in [0.25, 0.3) is 0 Å². The fraction of sp³-hybridized carbons (Fsp3) is 0.333. The van der Waals surface area contributed by atoms with E-state index in [0.717, 1.165) is 0 Å². The second kappa shape index (κ2) is 7.72. The molecule has 1 aromatic rings. The lowest BCUT2D eigenvalue weighted by Crippen LogP contribution is -2.36. The van der Waals surface area contributed by atoms with Crippen molar-refractivity contribution in [2.75, 3.05) is 25.6 Å². The largest absolute Gasteiger partial charge is 0.385 e. The standard InChI is InChI=1S/C12H17N3O5S/c1-20-8-2-7-14-11(16)12(17)15-9-3-5-10(6-4-9)21(13,18)19/h3-6H,2,7-8H2,1H3,(H,14,16)(H,15,17)(H2,13,18,19). The second-order valence-electron chi connectivity index (χ2n) is 4.13. The summed E-state index contributed by atoms with van der Waals surface area (Å²) in [6.45, 7) is 0.807. The van der Waals surface area contributed by atoms with Gasteiger partial charge in [-0.2, -0.15) is 0 Å². The molecular weight excluding hydrogens is 298 g/mol. The van der Waals surface area contributed by atoms with Crippen molar-refractivity contribution >= 4 is 27.5 Å². The summed E-state index contributed by atoms with van der Waals surface area (Å²) in [5.41, 5.74) is 0.291. The molecule has 1 aromatic carbocycles. The Hall–Kier alpha value is -1.97. The first-order valence-corrected chi connectivity index (χ1v) is 7.60. The van der Waals surface area contributed by atoms with Crippen molar-refractivity contribution in [2.45, 2.75) is 11.3 Å². The van der Waals surface area contributed by atoms with Crippen molar-refractivity contribution < 1.29 is 22.7 Å². The van der Waals surface area contributed by atoms with Gasteiger partial charge in [-0.15, -0.1) is 0 Å². The minimum Gasteiger partial charge on any atom is -0.385 e. The van der Waals surface area contributed by atoms with E-state index >= 15 is 0 Å². The number of sulfonamides is 1. The Bertz CT molecular complexity index is 598. The van der Waals surface area contributed by atoms with Crippen LogP contribution in [-0.4, -0.2) is 40.5 Å². The van der Waals surface area contributed by atoms with Crippen molar-refractivity contribution in [1.29, 1.82) is 0 Å². The third-order valence-corrected chi connectivity index (χ3v) is 3.39. The van der Waals surface area contributed by atoms with Crippen molar-refractivity contribution in [3.05, 3.63) is 24.3 Å². The Balaban J connectivity index is 2.53. The van der Waals surface area contributed by atoms with E-state index in [1.807, 2.05) is 0 Å². The number of rotatable bonds is 6. The smallest absolute Gasteiger partial charge is 0.313 e. The fourth-order valence-electron chi connectivity index (χ4n) is 1.41. The van der Waals surface area contributed by atoms with Crippen LogP contribution in [0.5, 0.6) is 0 Å². The molecule has 21 heavy (non-hydrogen) atoms. The number of anilines is 1. The Morgan fingerprint density at radius 3 is 2.33 bits per heavy atom. The topological polar surface area (TPSA) is 128 Å². The zero-order valence-electron chi connectivity index (χ0n) is 11.5. The van der Waals surface area contributed by atoms with Crippen LogP contribution >= 0.6 is 0 Å². The summed E-state index contributed by atoms with van der Waals surface area (Å²) in [7, 11) is -2.24. The highest BCUT2D eigenvalue weighted by Gasteiger charge is 2.13. The maximum Gasteiger partial charge on any atom is 0.313 e. The van der Waals surface area contributed by atoms with Gasteiger partial charge in [0.05, 0.1) is 4.90 Å². The number of carbonyl (C=O) groups excluding carboxylic acids is 2. The number of ether oxygens (including phenoxy) is 1. The number of hydrogen-bond acceptors (Lipinski definition) is 5. The predicted octanol–water partition coefficient (Wildman–Crippen LogP) is -0.575. The normalized spacial score (nSPS) is 11.0. The summed E-state index contributed by atoms with van der Waals surface area (Å²) in [5.74, 6) is -1.61. The Kier molecular flexibility index (Phi) is 6.28. The minimum absolute atomic E-state index is 0.0792. The molecule has 0 saturated heterocycles. The number of primary sulfonamides is 1. The Morgan fingerprint density at radius 2 is 1.81 bits per heavy atom. The Labute approximate surface area is 122 Å². The first kappa shape index (κ1) is 17.1. The molecule has 1 rings (SSSR count). The number of nitrogens with one attached hydrogen (secondary N) is 2. The van der Waals surface area contributed by atoms with Crippen molar-refractivity contribution in [3.63, 3.8) is 0 Å². The molecule has 0 aliphatic rings. The summed E-state index contributed by atoms with van der Waals surface area (Å²) < 4.78 is 26.9. The lowest BCUT2D eigenvalue weighted by Gasteiger charge is -2.07. The molecule has 0 radical (unpaired) electrons. The minimum atomic E-state index is -3.79. The van der Waals surface area contributed by atoms with Crippen LogP contribution in [0.4, 0.5) is 5.69 Å². The van der Waals surface area contributed by atoms with Crippen LogP contribution < -0.4 is 15.8 Å². The summed E-state index contributed by atoms with van der Waals surface area (Å²) >= 11 is 0. The van der Waals surface area contributed by atoms with Crippen LogP contribution in [-0.2, 0) is 24.3 Å². The van der Waals surface area contributed by atoms with Crippen molar-refractivity contribution in [1.82, 2.24) is 5.32 Å². The summed E-state index contributed by atoms with van der Waals surface area (Å²) in [4.78, 5) is 22.9. The first-order chi connectivity index (χ1) is 9.84. The molecule has 0 aliphatic heterocycles. The molecule has 0 heterocycles. The molecule has 4 N–H and O–H groups in total. The summed E-state index contributed by atoms with van der Waals surface area (Å²) in [6.07, 6.45) is 0.596. The number of amides is 2. The van der Waals surface area contributed by atoms with Crippen LogP contribution in [0.3, 0.4) is 0 Å². The number of carbonyl (C=O) groups is 2. The molecule has 0 atom stereocenters. The summed E-state index contributed by atoms with van der Waals surface area (Å²) in [6, 6.07) is 5.16. The van der Waals surface area contributed by atoms with E-state index < -0.39 is 21.8 Å². The van der Waals surface area contributed by atoms with Gasteiger partial charge in [0.15, 0.2) is 0 Å². The van der Waals surface area contributed by atoms with Crippen LogP contribution in [0.15, 0.2) is 29.2 Å². The predicted molar refractivity (Wildman–Crippen MR) is 75.9 cm³/mol. The van der Waals surface area contributed by atoms with Gasteiger partial charge in [-0.25, -0.2) is 13.6 Å². The van der Waals surface area contributed by atoms with Crippen LogP contribution in [0.2, 0.25) is 0 Å². The van der Waals surface area contributed by atoms with E-state index in [0.29, 0.717) is 25.3 Å². The highest BCUT2D eigenvalue weighted by atomic mass is 32.2. The van der Waals surface area contributed by atoms with Gasteiger partial charge in [0.2, 0.25) is 10.0 Å². The van der Waals surface area contributed by atoms with Gasteiger partial charge in [0.1, 0.15) is 0 Å². The number of methoxy groups -OCH3 is 1. The van der Waals surface area contributed by atoms with E-state index in [9.17, 15) is 18.0 Å². The molecule has 0 saturated carbocycles. The summed E-state index contributed by atoms with van der Waals surface area (Å²) in [5, 5.41) is 9.72. The zero-order valence-corrected chi connectivity index (χ0v) is 12.3. The molecule has 0 aromatic heterocycles. The van der Waals surface area contributed by atoms with Gasteiger partial charge in [-0.3, -0.25) is 9.59 Å². The molecule has 8 nitrogen and oxygen atoms in total. The molecule has 0 fully saturated rings. The molecule has 2 amide bonds. The third kappa shape index (κ3) is 5.90. The maximum atomic E-state index is 11.6. The number of benzene rings is 1. The van der Waals surface area contributed by atoms with Crippen LogP contribution in [0, 0.1) is 0 Å². The second-order valence-corrected chi connectivity index (χ2v) is 5.69. The van der Waals surface area contributed by atoms with Gasteiger partial charge in [0, 0.05) is 25.9 Å². The molecule has 0 spiro atoms. The average Bonchev–Trinajstić information content (AvgIpc) is 2.43. The fourth-order valence-corrected chi connectivity index (χ4v) is 1.93. The monoisotopic (exact) mass is 315 g/mol. The van der Waals surface area contributed by atoms with E-state index in [1.165, 1.54) is 24.3 Å². The Morgan fingerprint density at radius 1 is 1.19 bits per heavy atom. The number of nitrogens with two attached hydrogens (primary N) is 1. The zero-order chi connectivity index (χ0) is 15.9. The molecule has 9 heteroatoms. The number of hydrogen-bond donors (Lipinski definition) is 3. The van der Waals surface area contributed by atoms with Crippen molar-refractivity contribution in [3.8, 4) is 0 Å². The van der Waals surface area contributed by atoms with E-state index in [-0.39, 0.29) is 4.90 Å². The van der Waals surface area contributed by atoms with Gasteiger partial charge in [-0.1, -0.05) is 0 Å². The van der Waals surface area contributed by atoms with Gasteiger partial charge < -0.3 is 15.4 Å². The van der Waals surface area contributed by atoms with Gasteiger partial charge >= 0.3 is 11.8 Å². The highest BCUT2D eigenvalue weighted by molar-refractivity contribution is 7.89. The average molecular weight is 315 g/mol. The van der Waals surface area contributed by atoms with Gasteiger partial charge in [-0.05, 0) is 30.7 Å². The van der Waals surface area contributed by atoms with E-state index in [2.05, 4.69) is 10.6 Å². The SMILES string of the molecule is COCCCNC(=O)C(=O)Nc1ccc(S(N)(=O)=O)cc1. The molecule has 0 unspecified atom stereocenters. The molecular formula is C12H17N3O5S. The van der Waals surface area contributed by atoms with E-state index in [1.54, 1.807) is 7.11 Å². The first-order valence-electron chi connectivity index (χ1n) is 6.05. The lowest BCUT2D eigenvalue weighted by molar-refractivity contribution is -0.136. The van der Waals surface area contributed by atoms with E-state index in [4.69, 9.17) is 9.88 Å². The molecule has 116 valence electrons.